The molecule has 0 heterocycles. The number of aliphatic hydroxyl groups excluding tert-OH is 1. The molecule has 4 nitrogen and oxygen atoms in total. The molecule has 0 amide bonds. The minimum absolute atomic E-state index is 0. The van der Waals surface area contributed by atoms with Gasteiger partial charge in [-0.3, -0.25) is 0 Å². The van der Waals surface area contributed by atoms with Gasteiger partial charge in [0.1, 0.15) is 11.9 Å². The molecule has 4 rings (SSSR count). The maximum Gasteiger partial charge on any atom is 1.00 e. The third kappa shape index (κ3) is 10.6. The molecule has 0 fully saturated rings. The van der Waals surface area contributed by atoms with Crippen LogP contribution in [0.25, 0.3) is 12.2 Å². The Bertz CT molecular complexity index is 1380. The second-order valence-corrected chi connectivity index (χ2v) is 9.21. The minimum atomic E-state index is -1.20. The summed E-state index contributed by atoms with van der Waals surface area (Å²) in [6, 6.07) is 33.6. The third-order valence-electron chi connectivity index (χ3n) is 6.18. The molecule has 0 aliphatic carbocycles. The largest absolute Gasteiger partial charge is 1.00 e. The van der Waals surface area contributed by atoms with E-state index in [4.69, 9.17) is 9.84 Å². The van der Waals surface area contributed by atoms with Gasteiger partial charge >= 0.3 is 29.6 Å². The number of aliphatic hydroxyl groups is 1. The topological polar surface area (TPSA) is 69.6 Å². The quantitative estimate of drug-likeness (QED) is 0.257. The van der Waals surface area contributed by atoms with E-state index < -0.39 is 5.97 Å². The standard InChI is InChI=1S/C27H26O3.C8H10O.Na/c1-20-10-8-16-25(27(20)30-21(2)22-11-4-3-5-12-22)17-9-15-23-13-6-7-14-24(23)18-19-26(28)29;1-7(9)8-5-3-2-4-6-8;/h3-14,16-19,21H,15H2,1-2H3,(H,28,29);2-7,9H,1H3;/q;;+1/p-1/b17-9+,19-18+;;. The zero-order valence-corrected chi connectivity index (χ0v) is 25.7. The van der Waals surface area contributed by atoms with Crippen molar-refractivity contribution >= 4 is 18.1 Å². The first-order valence-electron chi connectivity index (χ1n) is 13.0. The number of rotatable bonds is 9. The van der Waals surface area contributed by atoms with Gasteiger partial charge in [-0.05, 0) is 61.1 Å². The number of carboxylic acids is 1. The van der Waals surface area contributed by atoms with Crippen molar-refractivity contribution in [2.45, 2.75) is 39.4 Å². The van der Waals surface area contributed by atoms with E-state index in [0.717, 1.165) is 45.2 Å². The molecular formula is C35H35NaO4. The minimum Gasteiger partial charge on any atom is -0.545 e. The first kappa shape index (κ1) is 32.8. The molecule has 4 aromatic rings. The number of aryl methyl sites for hydroxylation is 1. The Hall–Kier alpha value is -3.41. The van der Waals surface area contributed by atoms with Crippen LogP contribution in [0.2, 0.25) is 0 Å². The summed E-state index contributed by atoms with van der Waals surface area (Å²) in [5.41, 5.74) is 6.10. The molecule has 200 valence electrons. The normalized spacial score (nSPS) is 12.2. The molecule has 0 spiro atoms. The van der Waals surface area contributed by atoms with Gasteiger partial charge in [-0.2, -0.15) is 0 Å². The van der Waals surface area contributed by atoms with Gasteiger partial charge in [-0.25, -0.2) is 0 Å². The molecule has 5 heteroatoms. The van der Waals surface area contributed by atoms with Crippen LogP contribution in [0.3, 0.4) is 0 Å². The van der Waals surface area contributed by atoms with E-state index in [9.17, 15) is 9.90 Å². The van der Waals surface area contributed by atoms with E-state index in [1.165, 1.54) is 0 Å². The van der Waals surface area contributed by atoms with Crippen LogP contribution in [0.1, 0.15) is 59.4 Å². The second-order valence-electron chi connectivity index (χ2n) is 9.21. The van der Waals surface area contributed by atoms with Crippen LogP contribution < -0.4 is 39.4 Å². The van der Waals surface area contributed by atoms with Crippen LogP contribution in [-0.2, 0) is 11.2 Å². The third-order valence-corrected chi connectivity index (χ3v) is 6.18. The van der Waals surface area contributed by atoms with Crippen molar-refractivity contribution in [3.8, 4) is 5.75 Å². The van der Waals surface area contributed by atoms with Crippen molar-refractivity contribution in [1.29, 1.82) is 0 Å². The van der Waals surface area contributed by atoms with Crippen LogP contribution in [-0.4, -0.2) is 11.1 Å². The number of carbonyl (C=O) groups excluding carboxylic acids is 1. The van der Waals surface area contributed by atoms with E-state index in [1.54, 1.807) is 13.0 Å². The van der Waals surface area contributed by atoms with Gasteiger partial charge in [0, 0.05) is 5.56 Å². The van der Waals surface area contributed by atoms with Gasteiger partial charge < -0.3 is 19.7 Å². The Morgan fingerprint density at radius 3 is 1.98 bits per heavy atom. The number of para-hydroxylation sites is 1. The number of allylic oxidation sites excluding steroid dienone is 1. The van der Waals surface area contributed by atoms with Crippen molar-refractivity contribution < 1.29 is 49.3 Å². The summed E-state index contributed by atoms with van der Waals surface area (Å²) in [7, 11) is 0. The van der Waals surface area contributed by atoms with E-state index in [-0.39, 0.29) is 41.8 Å². The molecule has 0 bridgehead atoms. The van der Waals surface area contributed by atoms with E-state index in [1.807, 2.05) is 97.9 Å². The summed E-state index contributed by atoms with van der Waals surface area (Å²) < 4.78 is 6.32. The zero-order chi connectivity index (χ0) is 28.0. The summed E-state index contributed by atoms with van der Waals surface area (Å²) in [4.78, 5) is 10.7. The summed E-state index contributed by atoms with van der Waals surface area (Å²) in [5.74, 6) is -0.329. The summed E-state index contributed by atoms with van der Waals surface area (Å²) in [6.45, 7) is 5.86. The number of carboxylic acid groups (broad SMARTS) is 1. The Morgan fingerprint density at radius 2 is 1.38 bits per heavy atom. The smallest absolute Gasteiger partial charge is 0.545 e. The number of aliphatic carboxylic acids is 1. The van der Waals surface area contributed by atoms with Crippen molar-refractivity contribution in [2.75, 3.05) is 0 Å². The van der Waals surface area contributed by atoms with Gasteiger partial charge in [0.2, 0.25) is 0 Å². The summed E-state index contributed by atoms with van der Waals surface area (Å²) in [5, 5.41) is 19.7. The van der Waals surface area contributed by atoms with Gasteiger partial charge in [-0.1, -0.05) is 121 Å². The predicted molar refractivity (Wildman–Crippen MR) is 157 cm³/mol. The molecule has 1 N–H and O–H groups in total. The van der Waals surface area contributed by atoms with Crippen molar-refractivity contribution in [2.24, 2.45) is 0 Å². The summed E-state index contributed by atoms with van der Waals surface area (Å²) in [6.07, 6.45) is 7.03. The maximum atomic E-state index is 10.7. The zero-order valence-electron chi connectivity index (χ0n) is 23.7. The fourth-order valence-corrected chi connectivity index (χ4v) is 4.02. The Labute approximate surface area is 260 Å². The molecule has 0 aliphatic heterocycles. The van der Waals surface area contributed by atoms with Gasteiger partial charge in [0.05, 0.1) is 12.1 Å². The SMILES string of the molecule is CC(O)c1ccccc1.Cc1cccc(/C=C/Cc2ccccc2/C=C/C(=O)[O-])c1OC(C)c1ccccc1.[Na+]. The van der Waals surface area contributed by atoms with Crippen LogP contribution in [0, 0.1) is 6.92 Å². The molecule has 2 unspecified atom stereocenters. The van der Waals surface area contributed by atoms with Crippen molar-refractivity contribution in [3.05, 3.63) is 149 Å². The maximum absolute atomic E-state index is 10.7. The van der Waals surface area contributed by atoms with E-state index in [0.29, 0.717) is 6.42 Å². The molecule has 0 saturated carbocycles. The van der Waals surface area contributed by atoms with E-state index in [2.05, 4.69) is 31.2 Å². The average Bonchev–Trinajstić information content (AvgIpc) is 2.95. The number of ether oxygens (including phenoxy) is 1. The van der Waals surface area contributed by atoms with Crippen LogP contribution in [0.15, 0.2) is 115 Å². The Kier molecular flexibility index (Phi) is 14.2. The fourth-order valence-electron chi connectivity index (χ4n) is 4.02. The monoisotopic (exact) mass is 542 g/mol. The van der Waals surface area contributed by atoms with E-state index >= 15 is 0 Å². The molecule has 2 atom stereocenters. The van der Waals surface area contributed by atoms with Crippen LogP contribution in [0.5, 0.6) is 5.75 Å². The van der Waals surface area contributed by atoms with Gasteiger partial charge in [0.25, 0.3) is 0 Å². The summed E-state index contributed by atoms with van der Waals surface area (Å²) >= 11 is 0. The number of hydrogen-bond acceptors (Lipinski definition) is 4. The molecule has 40 heavy (non-hydrogen) atoms. The molecular weight excluding hydrogens is 507 g/mol. The molecule has 4 aromatic carbocycles. The van der Waals surface area contributed by atoms with Gasteiger partial charge in [0.15, 0.2) is 0 Å². The Balaban J connectivity index is 0.000000477. The number of hydrogen-bond donors (Lipinski definition) is 1. The second kappa shape index (κ2) is 17.3. The van der Waals surface area contributed by atoms with Crippen molar-refractivity contribution in [3.63, 3.8) is 0 Å². The first-order valence-corrected chi connectivity index (χ1v) is 13.0. The number of benzene rings is 4. The van der Waals surface area contributed by atoms with Gasteiger partial charge in [-0.15, -0.1) is 0 Å². The van der Waals surface area contributed by atoms with Crippen LogP contribution in [0.4, 0.5) is 0 Å². The fraction of sp³-hybridized carbons (Fsp3) is 0.171. The average molecular weight is 543 g/mol. The van der Waals surface area contributed by atoms with Crippen molar-refractivity contribution in [1.82, 2.24) is 0 Å². The first-order chi connectivity index (χ1) is 18.8. The van der Waals surface area contributed by atoms with Crippen LogP contribution >= 0.6 is 0 Å². The predicted octanol–water partition coefficient (Wildman–Crippen LogP) is 3.90. The molecule has 0 saturated heterocycles. The molecule has 0 aromatic heterocycles. The Morgan fingerprint density at radius 1 is 0.800 bits per heavy atom. The molecule has 0 aliphatic rings. The number of carbonyl (C=O) groups is 1. The molecule has 0 radical (unpaired) electrons.